The predicted octanol–water partition coefficient (Wildman–Crippen LogP) is 1.59. The first-order valence-electron chi connectivity index (χ1n) is 6.59. The number of hydrogen-bond acceptors (Lipinski definition) is 3. The van der Waals surface area contributed by atoms with Crippen LogP contribution >= 0.6 is 0 Å². The fraction of sp³-hybridized carbons (Fsp3) is 0.500. The lowest BCUT2D eigenvalue weighted by Crippen LogP contribution is -2.59. The van der Waals surface area contributed by atoms with E-state index < -0.39 is 11.6 Å². The van der Waals surface area contributed by atoms with Gasteiger partial charge in [0.15, 0.2) is 0 Å². The quantitative estimate of drug-likeness (QED) is 0.885. The van der Waals surface area contributed by atoms with Crippen molar-refractivity contribution < 1.29 is 13.6 Å². The van der Waals surface area contributed by atoms with Gasteiger partial charge >= 0.3 is 0 Å². The van der Waals surface area contributed by atoms with Crippen molar-refractivity contribution in [2.45, 2.75) is 19.4 Å². The van der Waals surface area contributed by atoms with Gasteiger partial charge in [-0.25, -0.2) is 8.78 Å². The van der Waals surface area contributed by atoms with Crippen molar-refractivity contribution >= 4 is 11.6 Å². The summed E-state index contributed by atoms with van der Waals surface area (Å²) in [4.78, 5) is 14.0. The van der Waals surface area contributed by atoms with Gasteiger partial charge in [0.1, 0.15) is 11.6 Å². The molecule has 2 N–H and O–H groups in total. The highest BCUT2D eigenvalue weighted by Gasteiger charge is 2.30. The van der Waals surface area contributed by atoms with E-state index in [4.69, 9.17) is 0 Å². The predicted molar refractivity (Wildman–Crippen MR) is 73.5 cm³/mol. The van der Waals surface area contributed by atoms with Gasteiger partial charge in [-0.05, 0) is 26.0 Å². The molecule has 4 nitrogen and oxygen atoms in total. The molecule has 2 rings (SSSR count). The maximum absolute atomic E-state index is 13.5. The molecule has 20 heavy (non-hydrogen) atoms. The first-order valence-corrected chi connectivity index (χ1v) is 6.59. The summed E-state index contributed by atoms with van der Waals surface area (Å²) >= 11 is 0. The molecule has 0 bridgehead atoms. The van der Waals surface area contributed by atoms with E-state index in [1.54, 1.807) is 0 Å². The lowest BCUT2D eigenvalue weighted by Gasteiger charge is -2.42. The summed E-state index contributed by atoms with van der Waals surface area (Å²) in [6, 6.07) is 3.10. The van der Waals surface area contributed by atoms with E-state index >= 15 is 0 Å². The van der Waals surface area contributed by atoms with Crippen molar-refractivity contribution in [2.75, 3.05) is 31.5 Å². The minimum atomic E-state index is -0.766. The zero-order chi connectivity index (χ0) is 14.8. The average molecular weight is 283 g/mol. The largest absolute Gasteiger partial charge is 0.322 e. The topological polar surface area (TPSA) is 44.4 Å². The van der Waals surface area contributed by atoms with Crippen LogP contribution in [-0.4, -0.2) is 42.5 Å². The van der Waals surface area contributed by atoms with Crippen molar-refractivity contribution in [3.8, 4) is 0 Å². The Morgan fingerprint density at radius 2 is 2.20 bits per heavy atom. The minimum absolute atomic E-state index is 0.00402. The lowest BCUT2D eigenvalue weighted by molar-refractivity contribution is -0.119. The summed E-state index contributed by atoms with van der Waals surface area (Å²) < 4.78 is 26.3. The van der Waals surface area contributed by atoms with Crippen molar-refractivity contribution in [1.82, 2.24) is 10.2 Å². The maximum atomic E-state index is 13.5. The van der Waals surface area contributed by atoms with Gasteiger partial charge in [-0.15, -0.1) is 0 Å². The molecule has 110 valence electrons. The van der Waals surface area contributed by atoms with Crippen LogP contribution in [0, 0.1) is 11.6 Å². The third kappa shape index (κ3) is 3.52. The smallest absolute Gasteiger partial charge is 0.238 e. The number of carbonyl (C=O) groups is 1. The summed E-state index contributed by atoms with van der Waals surface area (Å²) in [5, 5.41) is 5.75. The number of amides is 1. The van der Waals surface area contributed by atoms with Gasteiger partial charge in [-0.1, -0.05) is 0 Å². The standard InChI is InChI=1S/C14H19F2N3O/c1-14(2)9-17-5-6-19(14)8-13(20)18-12-4-3-10(15)7-11(12)16/h3-4,7,17H,5-6,8-9H2,1-2H3,(H,18,20). The maximum Gasteiger partial charge on any atom is 0.238 e. The molecule has 0 radical (unpaired) electrons. The van der Waals surface area contributed by atoms with E-state index in [2.05, 4.69) is 10.6 Å². The molecule has 1 aliphatic heterocycles. The molecule has 1 saturated heterocycles. The molecule has 1 heterocycles. The molecule has 1 aromatic rings. The molecular weight excluding hydrogens is 264 g/mol. The summed E-state index contributed by atoms with van der Waals surface area (Å²) in [5.41, 5.74) is -0.124. The Morgan fingerprint density at radius 1 is 1.45 bits per heavy atom. The SMILES string of the molecule is CC1(C)CNCCN1CC(=O)Nc1ccc(F)cc1F. The molecule has 0 unspecified atom stereocenters. The Morgan fingerprint density at radius 3 is 2.85 bits per heavy atom. The summed E-state index contributed by atoms with van der Waals surface area (Å²) in [6.45, 7) is 6.65. The van der Waals surface area contributed by atoms with Gasteiger partial charge in [-0.3, -0.25) is 9.69 Å². The number of benzene rings is 1. The highest BCUT2D eigenvalue weighted by molar-refractivity contribution is 5.92. The molecule has 1 fully saturated rings. The lowest BCUT2D eigenvalue weighted by atomic mass is 10.0. The highest BCUT2D eigenvalue weighted by Crippen LogP contribution is 2.17. The monoisotopic (exact) mass is 283 g/mol. The Bertz CT molecular complexity index is 505. The van der Waals surface area contributed by atoms with Crippen molar-refractivity contribution in [3.05, 3.63) is 29.8 Å². The second kappa shape index (κ2) is 5.85. The van der Waals surface area contributed by atoms with Gasteiger partial charge < -0.3 is 10.6 Å². The van der Waals surface area contributed by atoms with Crippen molar-refractivity contribution in [1.29, 1.82) is 0 Å². The Kier molecular flexibility index (Phi) is 4.35. The highest BCUT2D eigenvalue weighted by atomic mass is 19.1. The number of nitrogens with one attached hydrogen (secondary N) is 2. The number of anilines is 1. The van der Waals surface area contributed by atoms with E-state index in [0.717, 1.165) is 31.8 Å². The fourth-order valence-corrected chi connectivity index (χ4v) is 2.27. The van der Waals surface area contributed by atoms with E-state index in [0.29, 0.717) is 0 Å². The number of rotatable bonds is 3. The number of halogens is 2. The Labute approximate surface area is 117 Å². The molecule has 0 aliphatic carbocycles. The number of nitrogens with zero attached hydrogens (tertiary/aromatic N) is 1. The normalized spacial score (nSPS) is 18.8. The zero-order valence-electron chi connectivity index (χ0n) is 11.7. The van der Waals surface area contributed by atoms with Crippen LogP contribution in [0.1, 0.15) is 13.8 Å². The minimum Gasteiger partial charge on any atom is -0.322 e. The first kappa shape index (κ1) is 14.9. The van der Waals surface area contributed by atoms with Crippen LogP contribution in [-0.2, 0) is 4.79 Å². The molecule has 6 heteroatoms. The third-order valence-electron chi connectivity index (χ3n) is 3.51. The van der Waals surface area contributed by atoms with Crippen molar-refractivity contribution in [3.63, 3.8) is 0 Å². The molecule has 0 saturated carbocycles. The van der Waals surface area contributed by atoms with Gasteiger partial charge in [0.05, 0.1) is 12.2 Å². The van der Waals surface area contributed by atoms with Gasteiger partial charge in [-0.2, -0.15) is 0 Å². The first-order chi connectivity index (χ1) is 9.38. The summed E-state index contributed by atoms with van der Waals surface area (Å²) in [5.74, 6) is -1.73. The van der Waals surface area contributed by atoms with Gasteiger partial charge in [0.25, 0.3) is 0 Å². The van der Waals surface area contributed by atoms with E-state index in [-0.39, 0.29) is 23.7 Å². The molecule has 0 atom stereocenters. The number of carbonyl (C=O) groups excluding carboxylic acids is 1. The van der Waals surface area contributed by atoms with E-state index in [1.165, 1.54) is 6.07 Å². The summed E-state index contributed by atoms with van der Waals surface area (Å²) in [7, 11) is 0. The van der Waals surface area contributed by atoms with Gasteiger partial charge in [0.2, 0.25) is 5.91 Å². The van der Waals surface area contributed by atoms with Gasteiger partial charge in [0, 0.05) is 31.2 Å². The average Bonchev–Trinajstić information content (AvgIpc) is 2.35. The molecular formula is C14H19F2N3O. The third-order valence-corrected chi connectivity index (χ3v) is 3.51. The van der Waals surface area contributed by atoms with E-state index in [1.807, 2.05) is 18.7 Å². The van der Waals surface area contributed by atoms with E-state index in [9.17, 15) is 13.6 Å². The van der Waals surface area contributed by atoms with Crippen LogP contribution in [0.5, 0.6) is 0 Å². The molecule has 1 aliphatic rings. The number of hydrogen-bond donors (Lipinski definition) is 2. The number of piperazine rings is 1. The second-order valence-electron chi connectivity index (χ2n) is 5.58. The molecule has 1 amide bonds. The Hall–Kier alpha value is -1.53. The van der Waals surface area contributed by atoms with Crippen LogP contribution in [0.2, 0.25) is 0 Å². The van der Waals surface area contributed by atoms with Crippen LogP contribution < -0.4 is 10.6 Å². The molecule has 0 aromatic heterocycles. The second-order valence-corrected chi connectivity index (χ2v) is 5.58. The zero-order valence-corrected chi connectivity index (χ0v) is 11.7. The molecule has 0 spiro atoms. The fourth-order valence-electron chi connectivity index (χ4n) is 2.27. The molecule has 1 aromatic carbocycles. The Balaban J connectivity index is 1.98. The summed E-state index contributed by atoms with van der Waals surface area (Å²) in [6.07, 6.45) is 0. The van der Waals surface area contributed by atoms with Crippen LogP contribution in [0.15, 0.2) is 18.2 Å². The van der Waals surface area contributed by atoms with Crippen LogP contribution in [0.4, 0.5) is 14.5 Å². The van der Waals surface area contributed by atoms with Crippen molar-refractivity contribution in [2.24, 2.45) is 0 Å². The van der Waals surface area contributed by atoms with Crippen LogP contribution in [0.25, 0.3) is 0 Å². The van der Waals surface area contributed by atoms with Crippen LogP contribution in [0.3, 0.4) is 0 Å².